The molecule has 0 bridgehead atoms. The summed E-state index contributed by atoms with van der Waals surface area (Å²) in [6.07, 6.45) is 3.02. The van der Waals surface area contributed by atoms with Crippen LogP contribution in [0.15, 0.2) is 29.3 Å². The van der Waals surface area contributed by atoms with E-state index in [0.717, 1.165) is 81.5 Å². The second-order valence-electron chi connectivity index (χ2n) is 6.35. The van der Waals surface area contributed by atoms with Crippen molar-refractivity contribution in [3.63, 3.8) is 0 Å². The van der Waals surface area contributed by atoms with Gasteiger partial charge in [0.05, 0.1) is 23.7 Å². The number of H-pyrrole nitrogens is 1. The third kappa shape index (κ3) is 5.71. The molecular weight excluding hydrogens is 330 g/mol. The van der Waals surface area contributed by atoms with Crippen LogP contribution < -0.4 is 10.6 Å². The smallest absolute Gasteiger partial charge is 0.191 e. The molecule has 1 unspecified atom stereocenters. The summed E-state index contributed by atoms with van der Waals surface area (Å²) in [7, 11) is 0. The summed E-state index contributed by atoms with van der Waals surface area (Å²) in [5.41, 5.74) is 2.09. The number of hydrogen-bond acceptors (Lipinski definition) is 4. The van der Waals surface area contributed by atoms with Crippen LogP contribution >= 0.6 is 0 Å². The van der Waals surface area contributed by atoms with E-state index in [1.807, 2.05) is 24.3 Å². The van der Waals surface area contributed by atoms with Crippen molar-refractivity contribution in [1.82, 2.24) is 20.6 Å². The van der Waals surface area contributed by atoms with Gasteiger partial charge in [-0.3, -0.25) is 4.99 Å². The number of ether oxygens (including phenoxy) is 2. The van der Waals surface area contributed by atoms with Crippen molar-refractivity contribution in [3.8, 4) is 0 Å². The molecule has 2 heterocycles. The van der Waals surface area contributed by atoms with Gasteiger partial charge in [-0.15, -0.1) is 0 Å². The van der Waals surface area contributed by atoms with Crippen molar-refractivity contribution in [1.29, 1.82) is 0 Å². The van der Waals surface area contributed by atoms with Gasteiger partial charge in [-0.2, -0.15) is 0 Å². The summed E-state index contributed by atoms with van der Waals surface area (Å²) in [6.45, 7) is 6.72. The lowest BCUT2D eigenvalue weighted by Gasteiger charge is -2.11. The van der Waals surface area contributed by atoms with E-state index >= 15 is 0 Å². The van der Waals surface area contributed by atoms with Crippen LogP contribution in [0.1, 0.15) is 25.6 Å². The zero-order chi connectivity index (χ0) is 18.0. The third-order valence-electron chi connectivity index (χ3n) is 4.25. The van der Waals surface area contributed by atoms with Gasteiger partial charge in [-0.25, -0.2) is 4.98 Å². The number of aromatic amines is 1. The first-order valence-electron chi connectivity index (χ1n) is 9.50. The van der Waals surface area contributed by atoms with E-state index in [1.54, 1.807) is 0 Å². The number of imidazole rings is 1. The van der Waals surface area contributed by atoms with Gasteiger partial charge in [0.25, 0.3) is 0 Å². The van der Waals surface area contributed by atoms with Gasteiger partial charge in [0.2, 0.25) is 0 Å². The monoisotopic (exact) mass is 359 g/mol. The first-order valence-corrected chi connectivity index (χ1v) is 9.50. The number of guanidine groups is 1. The van der Waals surface area contributed by atoms with Gasteiger partial charge in [0.1, 0.15) is 5.82 Å². The Labute approximate surface area is 154 Å². The number of benzene rings is 1. The normalized spacial score (nSPS) is 17.7. The molecule has 0 aliphatic carbocycles. The maximum absolute atomic E-state index is 5.77. The molecular formula is C19H29N5O2. The second-order valence-corrected chi connectivity index (χ2v) is 6.35. The van der Waals surface area contributed by atoms with Crippen molar-refractivity contribution in [2.75, 3.05) is 39.5 Å². The maximum atomic E-state index is 5.77. The molecule has 1 aromatic heterocycles. The van der Waals surface area contributed by atoms with Crippen LogP contribution in [0.5, 0.6) is 0 Å². The van der Waals surface area contributed by atoms with Gasteiger partial charge in [-0.05, 0) is 31.9 Å². The molecule has 0 radical (unpaired) electrons. The molecule has 1 saturated heterocycles. The fourth-order valence-electron chi connectivity index (χ4n) is 2.91. The Bertz CT molecular complexity index is 661. The predicted octanol–water partition coefficient (Wildman–Crippen LogP) is 1.86. The van der Waals surface area contributed by atoms with Crippen molar-refractivity contribution in [3.05, 3.63) is 30.1 Å². The summed E-state index contributed by atoms with van der Waals surface area (Å²) < 4.78 is 11.1. The summed E-state index contributed by atoms with van der Waals surface area (Å²) in [5.74, 6) is 1.83. The Morgan fingerprint density at radius 1 is 1.38 bits per heavy atom. The number of para-hydroxylation sites is 2. The van der Waals surface area contributed by atoms with E-state index in [-0.39, 0.29) is 6.10 Å². The minimum Gasteiger partial charge on any atom is -0.379 e. The molecule has 0 saturated carbocycles. The van der Waals surface area contributed by atoms with Crippen LogP contribution in [0, 0.1) is 0 Å². The molecule has 7 nitrogen and oxygen atoms in total. The standard InChI is InChI=1S/C19H29N5O2/c1-2-20-19(21-10-5-12-26-15-9-13-25-14-15)22-11-8-18-23-16-6-3-4-7-17(16)24-18/h3-4,6-7,15H,2,5,8-14H2,1H3,(H,23,24)(H2,20,21,22). The molecule has 2 aromatic rings. The lowest BCUT2D eigenvalue weighted by Crippen LogP contribution is -2.38. The molecule has 7 heteroatoms. The molecule has 1 atom stereocenters. The van der Waals surface area contributed by atoms with Crippen molar-refractivity contribution in [2.45, 2.75) is 32.3 Å². The zero-order valence-electron chi connectivity index (χ0n) is 15.5. The number of hydrogen-bond donors (Lipinski definition) is 3. The fraction of sp³-hybridized carbons (Fsp3) is 0.579. The van der Waals surface area contributed by atoms with Gasteiger partial charge in [-0.1, -0.05) is 12.1 Å². The van der Waals surface area contributed by atoms with E-state index in [2.05, 4.69) is 32.5 Å². The first-order chi connectivity index (χ1) is 12.8. The van der Waals surface area contributed by atoms with Crippen molar-refractivity contribution >= 4 is 17.0 Å². The molecule has 0 spiro atoms. The SMILES string of the molecule is CCNC(=NCCCOC1CCOC1)NCCc1nc2ccccc2[nH]1. The van der Waals surface area contributed by atoms with E-state index in [4.69, 9.17) is 9.47 Å². The molecule has 142 valence electrons. The predicted molar refractivity (Wildman–Crippen MR) is 104 cm³/mol. The highest BCUT2D eigenvalue weighted by atomic mass is 16.5. The summed E-state index contributed by atoms with van der Waals surface area (Å²) in [4.78, 5) is 12.6. The van der Waals surface area contributed by atoms with E-state index in [1.165, 1.54) is 0 Å². The summed E-state index contributed by atoms with van der Waals surface area (Å²) >= 11 is 0. The van der Waals surface area contributed by atoms with E-state index < -0.39 is 0 Å². The number of rotatable bonds is 9. The van der Waals surface area contributed by atoms with E-state index in [0.29, 0.717) is 0 Å². The van der Waals surface area contributed by atoms with Crippen LogP contribution in [0.4, 0.5) is 0 Å². The fourth-order valence-corrected chi connectivity index (χ4v) is 2.91. The van der Waals surface area contributed by atoms with Crippen LogP contribution in [-0.4, -0.2) is 61.5 Å². The number of nitrogens with zero attached hydrogens (tertiary/aromatic N) is 2. The number of aromatic nitrogens is 2. The highest BCUT2D eigenvalue weighted by Crippen LogP contribution is 2.10. The van der Waals surface area contributed by atoms with Crippen LogP contribution in [0.3, 0.4) is 0 Å². The van der Waals surface area contributed by atoms with Gasteiger partial charge in [0, 0.05) is 39.3 Å². The quantitative estimate of drug-likeness (QED) is 0.362. The average Bonchev–Trinajstić information content (AvgIpc) is 3.30. The molecule has 3 N–H and O–H groups in total. The average molecular weight is 359 g/mol. The zero-order valence-corrected chi connectivity index (χ0v) is 15.5. The highest BCUT2D eigenvalue weighted by molar-refractivity contribution is 5.79. The lowest BCUT2D eigenvalue weighted by molar-refractivity contribution is 0.0424. The highest BCUT2D eigenvalue weighted by Gasteiger charge is 2.15. The van der Waals surface area contributed by atoms with Crippen LogP contribution in [0.25, 0.3) is 11.0 Å². The summed E-state index contributed by atoms with van der Waals surface area (Å²) in [6, 6.07) is 8.09. The number of fused-ring (bicyclic) bond motifs is 1. The van der Waals surface area contributed by atoms with Gasteiger partial charge in [0.15, 0.2) is 5.96 Å². The Morgan fingerprint density at radius 3 is 3.12 bits per heavy atom. The molecule has 1 aromatic carbocycles. The lowest BCUT2D eigenvalue weighted by atomic mass is 10.3. The molecule has 1 fully saturated rings. The Kier molecular flexibility index (Phi) is 7.27. The number of aliphatic imine (C=N–C) groups is 1. The minimum absolute atomic E-state index is 0.272. The van der Waals surface area contributed by atoms with Gasteiger partial charge >= 0.3 is 0 Å². The topological polar surface area (TPSA) is 83.6 Å². The molecule has 1 aliphatic rings. The van der Waals surface area contributed by atoms with Crippen LogP contribution in [0.2, 0.25) is 0 Å². The first kappa shape index (κ1) is 18.7. The Balaban J connectivity index is 1.37. The summed E-state index contributed by atoms with van der Waals surface area (Å²) in [5, 5.41) is 6.64. The Hall–Kier alpha value is -2.12. The van der Waals surface area contributed by atoms with Gasteiger partial charge < -0.3 is 25.1 Å². The minimum atomic E-state index is 0.272. The molecule has 0 amide bonds. The molecule has 1 aliphatic heterocycles. The number of nitrogens with one attached hydrogen (secondary N) is 3. The van der Waals surface area contributed by atoms with E-state index in [9.17, 15) is 0 Å². The largest absolute Gasteiger partial charge is 0.379 e. The second kappa shape index (κ2) is 10.1. The molecule has 26 heavy (non-hydrogen) atoms. The van der Waals surface area contributed by atoms with Crippen molar-refractivity contribution in [2.24, 2.45) is 4.99 Å². The van der Waals surface area contributed by atoms with Crippen LogP contribution in [-0.2, 0) is 15.9 Å². The Morgan fingerprint density at radius 2 is 2.31 bits per heavy atom. The molecule has 3 rings (SSSR count). The third-order valence-corrected chi connectivity index (χ3v) is 4.25. The van der Waals surface area contributed by atoms with Crippen molar-refractivity contribution < 1.29 is 9.47 Å². The maximum Gasteiger partial charge on any atom is 0.191 e.